The molecule has 0 radical (unpaired) electrons. The lowest BCUT2D eigenvalue weighted by Gasteiger charge is -2.29. The zero-order chi connectivity index (χ0) is 22.7. The van der Waals surface area contributed by atoms with Crippen molar-refractivity contribution in [2.45, 2.75) is 27.2 Å². The molecule has 0 saturated carbocycles. The summed E-state index contributed by atoms with van der Waals surface area (Å²) in [6.45, 7) is 10.6. The van der Waals surface area contributed by atoms with Gasteiger partial charge in [-0.25, -0.2) is 4.98 Å². The lowest BCUT2D eigenvalue weighted by atomic mass is 9.93. The summed E-state index contributed by atoms with van der Waals surface area (Å²) < 4.78 is 5.48. The zero-order valence-corrected chi connectivity index (χ0v) is 19.2. The quantitative estimate of drug-likeness (QED) is 0.621. The summed E-state index contributed by atoms with van der Waals surface area (Å²) >= 11 is 0. The van der Waals surface area contributed by atoms with Crippen LogP contribution in [0, 0.1) is 6.92 Å². The number of amides is 1. The summed E-state index contributed by atoms with van der Waals surface area (Å²) in [5.74, 6) is 0.620. The zero-order valence-electron chi connectivity index (χ0n) is 19.2. The first kappa shape index (κ1) is 22.1. The van der Waals surface area contributed by atoms with Crippen molar-refractivity contribution in [2.75, 3.05) is 50.0 Å². The van der Waals surface area contributed by atoms with Crippen LogP contribution in [0.3, 0.4) is 0 Å². The monoisotopic (exact) mass is 432 g/mol. The number of benzene rings is 2. The number of fused-ring (bicyclic) bond motifs is 1. The number of rotatable bonds is 6. The van der Waals surface area contributed by atoms with Crippen molar-refractivity contribution in [3.8, 4) is 11.1 Å². The number of ether oxygens (including phenoxy) is 1. The third kappa shape index (κ3) is 4.28. The van der Waals surface area contributed by atoms with Gasteiger partial charge in [-0.15, -0.1) is 0 Å². The molecule has 0 bridgehead atoms. The fraction of sp³-hybridized carbons (Fsp3) is 0.385. The summed E-state index contributed by atoms with van der Waals surface area (Å²) in [6, 6.07) is 14.2. The topological polar surface area (TPSA) is 71.7 Å². The van der Waals surface area contributed by atoms with E-state index in [1.807, 2.05) is 36.1 Å². The summed E-state index contributed by atoms with van der Waals surface area (Å²) in [6.07, 6.45) is 0.939. The minimum absolute atomic E-state index is 0.0811. The molecule has 0 unspecified atom stereocenters. The standard InChI is InChI=1S/C26H32N4O2/c1-4-11-29(5-2)26(31)21-8-6-7-18(3)24(21)19-9-10-22-20(16-19)17-23(25(27)28-22)30-12-14-32-15-13-30/h6-10,16-17H,4-5,11-15H2,1-3H3,(H2,27,28). The van der Waals surface area contributed by atoms with Gasteiger partial charge in [0.1, 0.15) is 5.82 Å². The molecule has 2 aromatic carbocycles. The molecule has 3 aromatic rings. The van der Waals surface area contributed by atoms with E-state index in [2.05, 4.69) is 41.9 Å². The van der Waals surface area contributed by atoms with Gasteiger partial charge in [0, 0.05) is 37.1 Å². The second-order valence-corrected chi connectivity index (χ2v) is 8.28. The normalized spacial score (nSPS) is 14.0. The lowest BCUT2D eigenvalue weighted by Crippen LogP contribution is -2.36. The number of carbonyl (C=O) groups is 1. The smallest absolute Gasteiger partial charge is 0.254 e. The van der Waals surface area contributed by atoms with Gasteiger partial charge in [0.05, 0.1) is 24.4 Å². The number of morpholine rings is 1. The van der Waals surface area contributed by atoms with Gasteiger partial charge < -0.3 is 20.3 Å². The summed E-state index contributed by atoms with van der Waals surface area (Å²) in [4.78, 5) is 22.2. The highest BCUT2D eigenvalue weighted by molar-refractivity contribution is 6.02. The van der Waals surface area contributed by atoms with Crippen molar-refractivity contribution in [3.05, 3.63) is 53.6 Å². The number of nitrogens with two attached hydrogens (primary N) is 1. The first-order valence-corrected chi connectivity index (χ1v) is 11.5. The highest BCUT2D eigenvalue weighted by Crippen LogP contribution is 2.33. The SMILES string of the molecule is CCCN(CC)C(=O)c1cccc(C)c1-c1ccc2nc(N)c(N3CCOCC3)cc2c1. The number of aryl methyl sites for hydroxylation is 1. The molecular formula is C26H32N4O2. The van der Waals surface area contributed by atoms with E-state index < -0.39 is 0 Å². The number of aromatic nitrogens is 1. The maximum absolute atomic E-state index is 13.4. The molecule has 0 spiro atoms. The first-order chi connectivity index (χ1) is 15.5. The van der Waals surface area contributed by atoms with Gasteiger partial charge in [-0.2, -0.15) is 0 Å². The molecule has 1 aromatic heterocycles. The van der Waals surface area contributed by atoms with E-state index in [1.54, 1.807) is 0 Å². The Labute approximate surface area is 190 Å². The van der Waals surface area contributed by atoms with Crippen molar-refractivity contribution >= 4 is 28.3 Å². The van der Waals surface area contributed by atoms with Crippen LogP contribution in [0.25, 0.3) is 22.0 Å². The van der Waals surface area contributed by atoms with Crippen LogP contribution < -0.4 is 10.6 Å². The molecular weight excluding hydrogens is 400 g/mol. The number of nitrogens with zero attached hydrogens (tertiary/aromatic N) is 3. The fourth-order valence-electron chi connectivity index (χ4n) is 4.47. The van der Waals surface area contributed by atoms with Crippen LogP contribution in [0.4, 0.5) is 11.5 Å². The van der Waals surface area contributed by atoms with E-state index in [0.717, 1.165) is 64.9 Å². The van der Waals surface area contributed by atoms with Crippen LogP contribution in [0.2, 0.25) is 0 Å². The first-order valence-electron chi connectivity index (χ1n) is 11.5. The summed E-state index contributed by atoms with van der Waals surface area (Å²) in [7, 11) is 0. The van der Waals surface area contributed by atoms with Crippen LogP contribution in [0.5, 0.6) is 0 Å². The Morgan fingerprint density at radius 2 is 1.94 bits per heavy atom. The average Bonchev–Trinajstić information content (AvgIpc) is 2.82. The van der Waals surface area contributed by atoms with E-state index in [-0.39, 0.29) is 5.91 Å². The Kier molecular flexibility index (Phi) is 6.61. The predicted molar refractivity (Wildman–Crippen MR) is 131 cm³/mol. The Bertz CT molecular complexity index is 1120. The van der Waals surface area contributed by atoms with Gasteiger partial charge in [0.2, 0.25) is 0 Å². The molecule has 6 heteroatoms. The Morgan fingerprint density at radius 1 is 1.16 bits per heavy atom. The van der Waals surface area contributed by atoms with Crippen LogP contribution in [0.1, 0.15) is 36.2 Å². The molecule has 1 aliphatic rings. The van der Waals surface area contributed by atoms with Crippen LogP contribution >= 0.6 is 0 Å². The minimum Gasteiger partial charge on any atom is -0.382 e. The van der Waals surface area contributed by atoms with Crippen LogP contribution in [0.15, 0.2) is 42.5 Å². The molecule has 4 rings (SSSR count). The van der Waals surface area contributed by atoms with E-state index in [0.29, 0.717) is 25.6 Å². The van der Waals surface area contributed by atoms with Crippen molar-refractivity contribution in [1.82, 2.24) is 9.88 Å². The molecule has 1 saturated heterocycles. The molecule has 168 valence electrons. The predicted octanol–water partition coefficient (Wildman–Crippen LogP) is 4.50. The van der Waals surface area contributed by atoms with Gasteiger partial charge in [0.25, 0.3) is 5.91 Å². The largest absolute Gasteiger partial charge is 0.382 e. The maximum Gasteiger partial charge on any atom is 0.254 e. The fourth-order valence-corrected chi connectivity index (χ4v) is 4.47. The van der Waals surface area contributed by atoms with Crippen molar-refractivity contribution in [1.29, 1.82) is 0 Å². The van der Waals surface area contributed by atoms with Gasteiger partial charge in [-0.3, -0.25) is 4.79 Å². The van der Waals surface area contributed by atoms with Gasteiger partial charge in [0.15, 0.2) is 0 Å². The second-order valence-electron chi connectivity index (χ2n) is 8.28. The molecule has 32 heavy (non-hydrogen) atoms. The van der Waals surface area contributed by atoms with Crippen LogP contribution in [-0.2, 0) is 4.74 Å². The number of carbonyl (C=O) groups excluding carboxylic acids is 1. The number of nitrogen functional groups attached to an aromatic ring is 1. The molecule has 0 aliphatic carbocycles. The molecule has 6 nitrogen and oxygen atoms in total. The highest BCUT2D eigenvalue weighted by Gasteiger charge is 2.20. The minimum atomic E-state index is 0.0811. The average molecular weight is 433 g/mol. The number of hydrogen-bond donors (Lipinski definition) is 1. The number of hydrogen-bond acceptors (Lipinski definition) is 5. The number of pyridine rings is 1. The third-order valence-corrected chi connectivity index (χ3v) is 6.13. The van der Waals surface area contributed by atoms with E-state index in [4.69, 9.17) is 10.5 Å². The van der Waals surface area contributed by atoms with Gasteiger partial charge in [-0.1, -0.05) is 25.1 Å². The van der Waals surface area contributed by atoms with Gasteiger partial charge in [-0.05, 0) is 61.2 Å². The molecule has 2 N–H and O–H groups in total. The van der Waals surface area contributed by atoms with E-state index in [1.165, 1.54) is 0 Å². The van der Waals surface area contributed by atoms with Crippen molar-refractivity contribution in [2.24, 2.45) is 0 Å². The highest BCUT2D eigenvalue weighted by atomic mass is 16.5. The molecule has 0 atom stereocenters. The van der Waals surface area contributed by atoms with Crippen molar-refractivity contribution < 1.29 is 9.53 Å². The molecule has 1 aliphatic heterocycles. The Hall–Kier alpha value is -3.12. The van der Waals surface area contributed by atoms with Crippen molar-refractivity contribution in [3.63, 3.8) is 0 Å². The van der Waals surface area contributed by atoms with E-state index >= 15 is 0 Å². The van der Waals surface area contributed by atoms with Gasteiger partial charge >= 0.3 is 0 Å². The Morgan fingerprint density at radius 3 is 2.66 bits per heavy atom. The molecule has 1 fully saturated rings. The molecule has 2 heterocycles. The second kappa shape index (κ2) is 9.57. The number of anilines is 2. The lowest BCUT2D eigenvalue weighted by molar-refractivity contribution is 0.0765. The van der Waals surface area contributed by atoms with E-state index in [9.17, 15) is 4.79 Å². The summed E-state index contributed by atoms with van der Waals surface area (Å²) in [5.41, 5.74) is 11.9. The summed E-state index contributed by atoms with van der Waals surface area (Å²) in [5, 5.41) is 1.01. The van der Waals surface area contributed by atoms with Crippen LogP contribution in [-0.4, -0.2) is 55.2 Å². The third-order valence-electron chi connectivity index (χ3n) is 6.13. The maximum atomic E-state index is 13.4. The Balaban J connectivity index is 1.80. The molecule has 1 amide bonds.